The van der Waals surface area contributed by atoms with Crippen LogP contribution in [0.2, 0.25) is 0 Å². The average molecular weight is 376 g/mol. The molecule has 0 aliphatic heterocycles. The van der Waals surface area contributed by atoms with E-state index >= 15 is 0 Å². The summed E-state index contributed by atoms with van der Waals surface area (Å²) in [6.07, 6.45) is 0.104. The van der Waals surface area contributed by atoms with Gasteiger partial charge in [0, 0.05) is 6.42 Å². The molecular weight excluding hydrogens is 356 g/mol. The van der Waals surface area contributed by atoms with Crippen LogP contribution in [0, 0.1) is 6.92 Å². The second-order valence-corrected chi connectivity index (χ2v) is 7.55. The van der Waals surface area contributed by atoms with Crippen LogP contribution in [0.15, 0.2) is 59.5 Å². The summed E-state index contributed by atoms with van der Waals surface area (Å²) in [6.45, 7) is 1.28. The van der Waals surface area contributed by atoms with Gasteiger partial charge in [0.2, 0.25) is 15.9 Å². The van der Waals surface area contributed by atoms with E-state index in [1.807, 2.05) is 6.92 Å². The van der Waals surface area contributed by atoms with Gasteiger partial charge in [-0.2, -0.15) is 0 Å². The summed E-state index contributed by atoms with van der Waals surface area (Å²) in [7, 11) is -3.85. The molecule has 8 heteroatoms. The molecule has 0 aliphatic rings. The van der Waals surface area contributed by atoms with Crippen molar-refractivity contribution in [2.24, 2.45) is 0 Å². The van der Waals surface area contributed by atoms with Crippen LogP contribution in [-0.4, -0.2) is 38.0 Å². The number of benzene rings is 2. The van der Waals surface area contributed by atoms with Crippen molar-refractivity contribution in [1.82, 2.24) is 10.0 Å². The van der Waals surface area contributed by atoms with Crippen molar-refractivity contribution in [2.45, 2.75) is 24.3 Å². The Kier molecular flexibility index (Phi) is 6.48. The first-order valence-electron chi connectivity index (χ1n) is 7.90. The van der Waals surface area contributed by atoms with Gasteiger partial charge in [-0.25, -0.2) is 17.9 Å². The van der Waals surface area contributed by atoms with Crippen molar-refractivity contribution in [1.29, 1.82) is 0 Å². The highest BCUT2D eigenvalue weighted by molar-refractivity contribution is 7.89. The molecule has 2 aromatic rings. The molecule has 0 unspecified atom stereocenters. The van der Waals surface area contributed by atoms with Crippen LogP contribution in [0.4, 0.5) is 0 Å². The highest BCUT2D eigenvalue weighted by Gasteiger charge is 2.22. The number of rotatable bonds is 8. The van der Waals surface area contributed by atoms with Crippen LogP contribution in [0.25, 0.3) is 0 Å². The maximum absolute atomic E-state index is 12.2. The number of carbonyl (C=O) groups is 2. The van der Waals surface area contributed by atoms with Gasteiger partial charge < -0.3 is 10.4 Å². The maximum Gasteiger partial charge on any atom is 0.326 e. The minimum atomic E-state index is -3.85. The molecule has 0 fully saturated rings. The lowest BCUT2D eigenvalue weighted by Gasteiger charge is -2.15. The van der Waals surface area contributed by atoms with E-state index in [0.717, 1.165) is 11.1 Å². The first-order valence-corrected chi connectivity index (χ1v) is 9.38. The molecule has 0 aromatic heterocycles. The molecule has 0 spiro atoms. The number of carbonyl (C=O) groups excluding carboxylic acids is 1. The normalized spacial score (nSPS) is 12.3. The molecule has 2 rings (SSSR count). The predicted molar refractivity (Wildman–Crippen MR) is 96.1 cm³/mol. The first kappa shape index (κ1) is 19.6. The zero-order valence-electron chi connectivity index (χ0n) is 14.2. The molecule has 7 nitrogen and oxygen atoms in total. The van der Waals surface area contributed by atoms with Gasteiger partial charge in [0.1, 0.15) is 6.04 Å². The van der Waals surface area contributed by atoms with Crippen LogP contribution in [0.3, 0.4) is 0 Å². The summed E-state index contributed by atoms with van der Waals surface area (Å²) in [5.41, 5.74) is 1.66. The Morgan fingerprint density at radius 2 is 1.65 bits per heavy atom. The van der Waals surface area contributed by atoms with Crippen molar-refractivity contribution >= 4 is 21.9 Å². The fraction of sp³-hybridized carbons (Fsp3) is 0.222. The van der Waals surface area contributed by atoms with E-state index in [0.29, 0.717) is 0 Å². The molecule has 1 atom stereocenters. The van der Waals surface area contributed by atoms with Gasteiger partial charge in [-0.3, -0.25) is 4.79 Å². The van der Waals surface area contributed by atoms with Crippen LogP contribution in [0.5, 0.6) is 0 Å². The lowest BCUT2D eigenvalue weighted by atomic mass is 10.1. The minimum Gasteiger partial charge on any atom is -0.480 e. The van der Waals surface area contributed by atoms with E-state index in [2.05, 4.69) is 10.0 Å². The zero-order valence-corrected chi connectivity index (χ0v) is 15.0. The molecule has 0 saturated heterocycles. The second kappa shape index (κ2) is 8.59. The predicted octanol–water partition coefficient (Wildman–Crippen LogP) is 1.09. The summed E-state index contributed by atoms with van der Waals surface area (Å²) < 4.78 is 26.5. The smallest absolute Gasteiger partial charge is 0.326 e. The molecule has 0 bridgehead atoms. The molecule has 1 amide bonds. The first-order chi connectivity index (χ1) is 12.3. The third-order valence-electron chi connectivity index (χ3n) is 3.67. The lowest BCUT2D eigenvalue weighted by Crippen LogP contribution is -2.46. The molecule has 0 heterocycles. The van der Waals surface area contributed by atoms with E-state index in [4.69, 9.17) is 0 Å². The monoisotopic (exact) mass is 376 g/mol. The van der Waals surface area contributed by atoms with Crippen molar-refractivity contribution < 1.29 is 23.1 Å². The zero-order chi connectivity index (χ0) is 19.2. The van der Waals surface area contributed by atoms with Crippen LogP contribution < -0.4 is 10.0 Å². The minimum absolute atomic E-state index is 0.0370. The number of aryl methyl sites for hydroxylation is 1. The highest BCUT2D eigenvalue weighted by atomic mass is 32.2. The number of hydrogen-bond donors (Lipinski definition) is 3. The van der Waals surface area contributed by atoms with E-state index in [9.17, 15) is 23.1 Å². The number of nitrogens with one attached hydrogen (secondary N) is 2. The number of sulfonamides is 1. The van der Waals surface area contributed by atoms with Crippen molar-refractivity contribution in [3.8, 4) is 0 Å². The summed E-state index contributed by atoms with van der Waals surface area (Å²) in [5.74, 6) is -1.91. The van der Waals surface area contributed by atoms with Crippen LogP contribution in [-0.2, 0) is 26.0 Å². The summed E-state index contributed by atoms with van der Waals surface area (Å²) in [5, 5.41) is 11.6. The van der Waals surface area contributed by atoms with Gasteiger partial charge in [-0.1, -0.05) is 48.0 Å². The topological polar surface area (TPSA) is 113 Å². The third kappa shape index (κ3) is 5.68. The highest BCUT2D eigenvalue weighted by Crippen LogP contribution is 2.09. The molecule has 2 aromatic carbocycles. The molecule has 0 saturated carbocycles. The van der Waals surface area contributed by atoms with E-state index in [-0.39, 0.29) is 11.3 Å². The van der Waals surface area contributed by atoms with Gasteiger partial charge >= 0.3 is 5.97 Å². The van der Waals surface area contributed by atoms with Gasteiger partial charge in [0.15, 0.2) is 0 Å². The van der Waals surface area contributed by atoms with Crippen molar-refractivity contribution in [3.05, 3.63) is 65.7 Å². The van der Waals surface area contributed by atoms with Crippen molar-refractivity contribution in [2.75, 3.05) is 6.54 Å². The van der Waals surface area contributed by atoms with Crippen molar-refractivity contribution in [3.63, 3.8) is 0 Å². The molecule has 26 heavy (non-hydrogen) atoms. The second-order valence-electron chi connectivity index (χ2n) is 5.79. The quantitative estimate of drug-likeness (QED) is 0.638. The Labute approximate surface area is 152 Å². The van der Waals surface area contributed by atoms with Gasteiger partial charge in [0.25, 0.3) is 0 Å². The Bertz CT molecular complexity index is 864. The molecule has 0 radical (unpaired) electrons. The van der Waals surface area contributed by atoms with E-state index in [1.165, 1.54) is 12.1 Å². The summed E-state index contributed by atoms with van der Waals surface area (Å²) in [6, 6.07) is 13.9. The average Bonchev–Trinajstić information content (AvgIpc) is 2.61. The number of amides is 1. The molecule has 3 N–H and O–H groups in total. The largest absolute Gasteiger partial charge is 0.480 e. The van der Waals surface area contributed by atoms with Gasteiger partial charge in [0.05, 0.1) is 11.4 Å². The Morgan fingerprint density at radius 1 is 1.04 bits per heavy atom. The number of carboxylic acids is 1. The SMILES string of the molecule is Cc1ccc(S(=O)(=O)NCC(=O)N[C@@H](Cc2ccccc2)C(=O)O)cc1. The molecule has 138 valence electrons. The Morgan fingerprint density at radius 3 is 2.23 bits per heavy atom. The molecule has 0 aliphatic carbocycles. The van der Waals surface area contributed by atoms with Gasteiger partial charge in [-0.05, 0) is 24.6 Å². The fourth-order valence-electron chi connectivity index (χ4n) is 2.26. The van der Waals surface area contributed by atoms with E-state index in [1.54, 1.807) is 42.5 Å². The Balaban J connectivity index is 1.95. The standard InChI is InChI=1S/C18H20N2O5S/c1-13-7-9-15(10-8-13)26(24,25)19-12-17(21)20-16(18(22)23)11-14-5-3-2-4-6-14/h2-10,16,19H,11-12H2,1H3,(H,20,21)(H,22,23)/t16-/m0/s1. The fourth-order valence-corrected chi connectivity index (χ4v) is 3.24. The van der Waals surface area contributed by atoms with Gasteiger partial charge in [-0.15, -0.1) is 0 Å². The number of carboxylic acid groups (broad SMARTS) is 1. The lowest BCUT2D eigenvalue weighted by molar-refractivity contribution is -0.141. The summed E-state index contributed by atoms with van der Waals surface area (Å²) >= 11 is 0. The van der Waals surface area contributed by atoms with Crippen LogP contribution in [0.1, 0.15) is 11.1 Å². The summed E-state index contributed by atoms with van der Waals surface area (Å²) in [4.78, 5) is 23.4. The van der Waals surface area contributed by atoms with E-state index < -0.39 is 34.5 Å². The third-order valence-corrected chi connectivity index (χ3v) is 5.09. The molecular formula is C18H20N2O5S. The number of aliphatic carboxylic acids is 1. The number of hydrogen-bond acceptors (Lipinski definition) is 4. The van der Waals surface area contributed by atoms with Crippen LogP contribution >= 0.6 is 0 Å². The maximum atomic E-state index is 12.2. The Hall–Kier alpha value is -2.71.